The molecule has 0 aliphatic rings. The fraction of sp³-hybridized carbons (Fsp3) is 0.417. The molecule has 2 aromatic heterocycles. The molecule has 0 aliphatic heterocycles. The summed E-state index contributed by atoms with van der Waals surface area (Å²) in [5.74, 6) is 1.69. The molecule has 0 saturated carbocycles. The Hall–Kier alpha value is -1.09. The molecule has 0 aromatic carbocycles. The maximum Gasteiger partial charge on any atom is 0.111 e. The van der Waals surface area contributed by atoms with Crippen LogP contribution in [0.1, 0.15) is 31.2 Å². The largest absolute Gasteiger partial charge is 0.334 e. The van der Waals surface area contributed by atoms with Crippen LogP contribution in [0, 0.1) is 0 Å². The highest BCUT2D eigenvalue weighted by Crippen LogP contribution is 2.13. The van der Waals surface area contributed by atoms with E-state index in [0.29, 0.717) is 5.92 Å². The van der Waals surface area contributed by atoms with Crippen molar-refractivity contribution in [2.24, 2.45) is 0 Å². The Kier molecular flexibility index (Phi) is 3.21. The third kappa shape index (κ3) is 2.48. The second kappa shape index (κ2) is 4.62. The van der Waals surface area contributed by atoms with Crippen LogP contribution in [0.4, 0.5) is 0 Å². The van der Waals surface area contributed by atoms with Gasteiger partial charge in [0.25, 0.3) is 0 Å². The first-order chi connectivity index (χ1) is 7.27. The van der Waals surface area contributed by atoms with E-state index in [1.54, 1.807) is 11.3 Å². The molecular weight excluding hydrogens is 204 g/mol. The SMILES string of the molecule is CC(C)c1nccn1CCc1ccsc1. The van der Waals surface area contributed by atoms with Gasteiger partial charge in [-0.1, -0.05) is 13.8 Å². The fourth-order valence-corrected chi connectivity index (χ4v) is 2.40. The molecule has 2 heterocycles. The van der Waals surface area contributed by atoms with E-state index in [1.165, 1.54) is 11.4 Å². The van der Waals surface area contributed by atoms with Crippen molar-refractivity contribution in [3.8, 4) is 0 Å². The molecule has 80 valence electrons. The van der Waals surface area contributed by atoms with E-state index in [0.717, 1.165) is 13.0 Å². The molecule has 0 amide bonds. The number of aryl methyl sites for hydroxylation is 2. The molecule has 0 fully saturated rings. The van der Waals surface area contributed by atoms with Crippen molar-refractivity contribution < 1.29 is 0 Å². The standard InChI is InChI=1S/C12H16N2S/c1-10(2)12-13-5-7-14(12)6-3-11-4-8-15-9-11/h4-5,7-10H,3,6H2,1-2H3. The van der Waals surface area contributed by atoms with E-state index in [-0.39, 0.29) is 0 Å². The Morgan fingerprint density at radius 2 is 2.33 bits per heavy atom. The molecule has 0 bridgehead atoms. The molecule has 0 aliphatic carbocycles. The molecule has 0 spiro atoms. The third-order valence-electron chi connectivity index (χ3n) is 2.49. The first-order valence-electron chi connectivity index (χ1n) is 5.29. The van der Waals surface area contributed by atoms with Gasteiger partial charge < -0.3 is 4.57 Å². The first kappa shape index (κ1) is 10.4. The van der Waals surface area contributed by atoms with Crippen molar-refractivity contribution in [2.75, 3.05) is 0 Å². The van der Waals surface area contributed by atoms with Gasteiger partial charge in [-0.05, 0) is 28.8 Å². The van der Waals surface area contributed by atoms with Crippen molar-refractivity contribution in [1.29, 1.82) is 0 Å². The predicted molar refractivity (Wildman–Crippen MR) is 64.3 cm³/mol. The molecule has 2 rings (SSSR count). The minimum atomic E-state index is 0.502. The summed E-state index contributed by atoms with van der Waals surface area (Å²) >= 11 is 1.76. The van der Waals surface area contributed by atoms with E-state index in [9.17, 15) is 0 Å². The molecule has 3 heteroatoms. The van der Waals surface area contributed by atoms with Crippen LogP contribution in [0.25, 0.3) is 0 Å². The molecule has 2 nitrogen and oxygen atoms in total. The average molecular weight is 220 g/mol. The number of rotatable bonds is 4. The lowest BCUT2D eigenvalue weighted by molar-refractivity contribution is 0.620. The summed E-state index contributed by atoms with van der Waals surface area (Å²) in [4.78, 5) is 4.38. The summed E-state index contributed by atoms with van der Waals surface area (Å²) in [5.41, 5.74) is 1.42. The van der Waals surface area contributed by atoms with Crippen molar-refractivity contribution in [2.45, 2.75) is 32.7 Å². The smallest absolute Gasteiger partial charge is 0.111 e. The van der Waals surface area contributed by atoms with Gasteiger partial charge in [-0.25, -0.2) is 4.98 Å². The van der Waals surface area contributed by atoms with E-state index in [4.69, 9.17) is 0 Å². The average Bonchev–Trinajstić information content (AvgIpc) is 2.86. The number of thiophene rings is 1. The molecule has 0 unspecified atom stereocenters. The van der Waals surface area contributed by atoms with Crippen molar-refractivity contribution in [3.63, 3.8) is 0 Å². The Bertz CT molecular complexity index is 401. The van der Waals surface area contributed by atoms with Crippen molar-refractivity contribution in [1.82, 2.24) is 9.55 Å². The zero-order chi connectivity index (χ0) is 10.7. The Morgan fingerprint density at radius 3 is 3.00 bits per heavy atom. The van der Waals surface area contributed by atoms with Gasteiger partial charge in [-0.2, -0.15) is 11.3 Å². The van der Waals surface area contributed by atoms with Crippen LogP contribution < -0.4 is 0 Å². The lowest BCUT2D eigenvalue weighted by atomic mass is 10.2. The maximum atomic E-state index is 4.38. The zero-order valence-electron chi connectivity index (χ0n) is 9.18. The second-order valence-electron chi connectivity index (χ2n) is 4.02. The van der Waals surface area contributed by atoms with E-state index < -0.39 is 0 Å². The molecular formula is C12H16N2S. The highest BCUT2D eigenvalue weighted by atomic mass is 32.1. The monoisotopic (exact) mass is 220 g/mol. The van der Waals surface area contributed by atoms with Gasteiger partial charge in [0.15, 0.2) is 0 Å². The van der Waals surface area contributed by atoms with Crippen LogP contribution in [0.5, 0.6) is 0 Å². The Labute approximate surface area is 94.6 Å². The van der Waals surface area contributed by atoms with E-state index in [1.807, 2.05) is 6.20 Å². The summed E-state index contributed by atoms with van der Waals surface area (Å²) < 4.78 is 2.25. The van der Waals surface area contributed by atoms with Gasteiger partial charge >= 0.3 is 0 Å². The van der Waals surface area contributed by atoms with Gasteiger partial charge in [0, 0.05) is 24.9 Å². The van der Waals surface area contributed by atoms with Gasteiger partial charge in [0.05, 0.1) is 0 Å². The minimum Gasteiger partial charge on any atom is -0.334 e. The van der Waals surface area contributed by atoms with Crippen molar-refractivity contribution >= 4 is 11.3 Å². The zero-order valence-corrected chi connectivity index (χ0v) is 10.00. The predicted octanol–water partition coefficient (Wildman–Crippen LogP) is 3.31. The van der Waals surface area contributed by atoms with Gasteiger partial charge in [0.1, 0.15) is 5.82 Å². The summed E-state index contributed by atoms with van der Waals surface area (Å²) in [5, 5.41) is 4.35. The number of hydrogen-bond donors (Lipinski definition) is 0. The molecule has 0 atom stereocenters. The normalized spacial score (nSPS) is 11.1. The number of hydrogen-bond acceptors (Lipinski definition) is 2. The van der Waals surface area contributed by atoms with Crippen molar-refractivity contribution in [3.05, 3.63) is 40.6 Å². The fourth-order valence-electron chi connectivity index (χ4n) is 1.69. The summed E-state index contributed by atoms with van der Waals surface area (Å²) in [6.07, 6.45) is 5.06. The van der Waals surface area contributed by atoms with Gasteiger partial charge in [-0.3, -0.25) is 0 Å². The highest BCUT2D eigenvalue weighted by Gasteiger charge is 2.06. The summed E-state index contributed by atoms with van der Waals surface area (Å²) in [6, 6.07) is 2.19. The van der Waals surface area contributed by atoms with E-state index in [2.05, 4.69) is 46.4 Å². The van der Waals surface area contributed by atoms with Crippen LogP contribution in [-0.2, 0) is 13.0 Å². The Morgan fingerprint density at radius 1 is 1.47 bits per heavy atom. The molecule has 15 heavy (non-hydrogen) atoms. The summed E-state index contributed by atoms with van der Waals surface area (Å²) in [6.45, 7) is 5.40. The van der Waals surface area contributed by atoms with Gasteiger partial charge in [0.2, 0.25) is 0 Å². The first-order valence-corrected chi connectivity index (χ1v) is 6.23. The lowest BCUT2D eigenvalue weighted by Crippen LogP contribution is -2.06. The molecule has 0 N–H and O–H groups in total. The Balaban J connectivity index is 2.02. The maximum absolute atomic E-state index is 4.38. The topological polar surface area (TPSA) is 17.8 Å². The second-order valence-corrected chi connectivity index (χ2v) is 4.80. The van der Waals surface area contributed by atoms with Gasteiger partial charge in [-0.15, -0.1) is 0 Å². The minimum absolute atomic E-state index is 0.502. The quantitative estimate of drug-likeness (QED) is 0.773. The third-order valence-corrected chi connectivity index (χ3v) is 3.22. The van der Waals surface area contributed by atoms with Crippen LogP contribution in [-0.4, -0.2) is 9.55 Å². The van der Waals surface area contributed by atoms with E-state index >= 15 is 0 Å². The highest BCUT2D eigenvalue weighted by molar-refractivity contribution is 7.07. The lowest BCUT2D eigenvalue weighted by Gasteiger charge is -2.09. The number of aromatic nitrogens is 2. The van der Waals surface area contributed by atoms with Crippen LogP contribution in [0.3, 0.4) is 0 Å². The number of nitrogens with zero attached hydrogens (tertiary/aromatic N) is 2. The van der Waals surface area contributed by atoms with Crippen LogP contribution in [0.15, 0.2) is 29.2 Å². The van der Waals surface area contributed by atoms with Crippen LogP contribution >= 0.6 is 11.3 Å². The van der Waals surface area contributed by atoms with Crippen LogP contribution in [0.2, 0.25) is 0 Å². The molecule has 2 aromatic rings. The molecule has 0 radical (unpaired) electrons. The number of imidazole rings is 1. The molecule has 0 saturated heterocycles. The summed E-state index contributed by atoms with van der Waals surface area (Å²) in [7, 11) is 0.